The number of carboxylic acid groups (broad SMARTS) is 1. The van der Waals surface area contributed by atoms with Crippen LogP contribution in [0.15, 0.2) is 0 Å². The molecular weight excluding hydrogens is 252 g/mol. The summed E-state index contributed by atoms with van der Waals surface area (Å²) in [6, 6.07) is -1.72. The summed E-state index contributed by atoms with van der Waals surface area (Å²) in [5.41, 5.74) is 0.0401. The minimum absolute atomic E-state index is 0.0401. The molecule has 0 spiro atoms. The topological polar surface area (TPSA) is 95.9 Å². The van der Waals surface area contributed by atoms with E-state index in [-0.39, 0.29) is 11.8 Å². The fraction of sp³-hybridized carbons (Fsp3) is 0.750. The zero-order valence-electron chi connectivity index (χ0n) is 11.4. The lowest BCUT2D eigenvalue weighted by molar-refractivity contribution is -0.147. The van der Waals surface area contributed by atoms with Crippen LogP contribution in [0, 0.1) is 5.41 Å². The zero-order valence-corrected chi connectivity index (χ0v) is 11.4. The Morgan fingerprint density at radius 3 is 2.47 bits per heavy atom. The van der Waals surface area contributed by atoms with Gasteiger partial charge in [0.1, 0.15) is 6.04 Å². The van der Waals surface area contributed by atoms with E-state index < -0.39 is 24.0 Å². The number of nitrogens with zero attached hydrogens (tertiary/aromatic N) is 1. The van der Waals surface area contributed by atoms with Crippen LogP contribution in [0.25, 0.3) is 0 Å². The minimum atomic E-state index is -1.26. The summed E-state index contributed by atoms with van der Waals surface area (Å²) in [7, 11) is 1.17. The van der Waals surface area contributed by atoms with Crippen LogP contribution < -0.4 is 5.32 Å². The molecule has 1 fully saturated rings. The van der Waals surface area contributed by atoms with Crippen LogP contribution in [0.3, 0.4) is 0 Å². The third-order valence-corrected chi connectivity index (χ3v) is 3.16. The number of rotatable bonds is 4. The third-order valence-electron chi connectivity index (χ3n) is 3.16. The maximum atomic E-state index is 11.9. The van der Waals surface area contributed by atoms with Gasteiger partial charge < -0.3 is 20.1 Å². The molecular formula is C12H20N2O5. The number of carbonyl (C=O) groups excluding carboxylic acids is 2. The van der Waals surface area contributed by atoms with Gasteiger partial charge in [-0.1, -0.05) is 13.8 Å². The first-order valence-electron chi connectivity index (χ1n) is 6.10. The summed E-state index contributed by atoms with van der Waals surface area (Å²) in [6.45, 7) is 5.25. The lowest BCUT2D eigenvalue weighted by atomic mass is 9.93. The van der Waals surface area contributed by atoms with Crippen LogP contribution in [0.4, 0.5) is 4.79 Å². The van der Waals surface area contributed by atoms with E-state index in [4.69, 9.17) is 5.11 Å². The Morgan fingerprint density at radius 2 is 2.05 bits per heavy atom. The number of hydrogen-bond acceptors (Lipinski definition) is 4. The van der Waals surface area contributed by atoms with Gasteiger partial charge in [-0.05, 0) is 11.8 Å². The van der Waals surface area contributed by atoms with E-state index in [1.165, 1.54) is 7.11 Å². The van der Waals surface area contributed by atoms with Crippen molar-refractivity contribution >= 4 is 18.0 Å². The number of carboxylic acids is 1. The fourth-order valence-corrected chi connectivity index (χ4v) is 1.98. The maximum absolute atomic E-state index is 11.9. The van der Waals surface area contributed by atoms with Crippen molar-refractivity contribution in [3.8, 4) is 0 Å². The van der Waals surface area contributed by atoms with Gasteiger partial charge in [-0.2, -0.15) is 0 Å². The highest BCUT2D eigenvalue weighted by Gasteiger charge is 2.34. The SMILES string of the molecule is COC(=O)C[C@H](NC(=O)N1CCC(C)(C)C1)C(=O)O. The Bertz CT molecular complexity index is 380. The molecule has 0 unspecified atom stereocenters. The molecule has 1 saturated heterocycles. The zero-order chi connectivity index (χ0) is 14.6. The van der Waals surface area contributed by atoms with Gasteiger partial charge in [0.05, 0.1) is 13.5 Å². The molecule has 1 rings (SSSR count). The van der Waals surface area contributed by atoms with Gasteiger partial charge in [-0.25, -0.2) is 9.59 Å². The molecule has 7 heteroatoms. The Balaban J connectivity index is 2.57. The van der Waals surface area contributed by atoms with Crippen LogP contribution in [0.1, 0.15) is 26.7 Å². The van der Waals surface area contributed by atoms with Crippen molar-refractivity contribution in [3.63, 3.8) is 0 Å². The second kappa shape index (κ2) is 5.90. The van der Waals surface area contributed by atoms with Crippen LogP contribution in [0.5, 0.6) is 0 Å². The molecule has 1 heterocycles. The Kier molecular flexibility index (Phi) is 4.74. The molecule has 1 atom stereocenters. The number of nitrogens with one attached hydrogen (secondary N) is 1. The number of hydrogen-bond donors (Lipinski definition) is 2. The van der Waals surface area contributed by atoms with E-state index in [0.717, 1.165) is 6.42 Å². The number of aliphatic carboxylic acids is 1. The second-order valence-electron chi connectivity index (χ2n) is 5.46. The summed E-state index contributed by atoms with van der Waals surface area (Å²) >= 11 is 0. The summed E-state index contributed by atoms with van der Waals surface area (Å²) in [6.07, 6.45) is 0.490. The first kappa shape index (κ1) is 15.3. The summed E-state index contributed by atoms with van der Waals surface area (Å²) in [4.78, 5) is 35.5. The van der Waals surface area contributed by atoms with Crippen molar-refractivity contribution in [3.05, 3.63) is 0 Å². The van der Waals surface area contributed by atoms with Crippen molar-refractivity contribution in [1.29, 1.82) is 0 Å². The number of likely N-dealkylation sites (tertiary alicyclic amines) is 1. The Morgan fingerprint density at radius 1 is 1.42 bits per heavy atom. The van der Waals surface area contributed by atoms with Gasteiger partial charge >= 0.3 is 18.0 Å². The monoisotopic (exact) mass is 272 g/mol. The standard InChI is InChI=1S/C12H20N2O5/c1-12(2)4-5-14(7-12)11(18)13-8(10(16)17)6-9(15)19-3/h8H,4-7H2,1-3H3,(H,13,18)(H,16,17)/t8-/m0/s1. The van der Waals surface area contributed by atoms with Crippen molar-refractivity contribution in [2.45, 2.75) is 32.7 Å². The smallest absolute Gasteiger partial charge is 0.326 e. The Labute approximate surface area is 111 Å². The molecule has 1 aliphatic rings. The van der Waals surface area contributed by atoms with Crippen molar-refractivity contribution < 1.29 is 24.2 Å². The average Bonchev–Trinajstić information content (AvgIpc) is 2.68. The molecule has 108 valence electrons. The molecule has 19 heavy (non-hydrogen) atoms. The molecule has 0 aromatic rings. The van der Waals surface area contributed by atoms with E-state index in [1.54, 1.807) is 4.90 Å². The number of carbonyl (C=O) groups is 3. The largest absolute Gasteiger partial charge is 0.480 e. The average molecular weight is 272 g/mol. The molecule has 7 nitrogen and oxygen atoms in total. The van der Waals surface area contributed by atoms with Crippen LogP contribution in [-0.4, -0.2) is 54.2 Å². The first-order valence-corrected chi connectivity index (χ1v) is 6.10. The molecule has 0 saturated carbocycles. The van der Waals surface area contributed by atoms with Gasteiger partial charge in [0.15, 0.2) is 0 Å². The van der Waals surface area contributed by atoms with Crippen LogP contribution in [-0.2, 0) is 14.3 Å². The summed E-state index contributed by atoms with van der Waals surface area (Å²) in [5.74, 6) is -1.92. The van der Waals surface area contributed by atoms with E-state index in [9.17, 15) is 14.4 Å². The van der Waals surface area contributed by atoms with E-state index in [0.29, 0.717) is 13.1 Å². The molecule has 0 aromatic heterocycles. The highest BCUT2D eigenvalue weighted by molar-refractivity contribution is 5.86. The molecule has 0 aromatic carbocycles. The minimum Gasteiger partial charge on any atom is -0.480 e. The van der Waals surface area contributed by atoms with Crippen molar-refractivity contribution in [2.75, 3.05) is 20.2 Å². The molecule has 0 aliphatic carbocycles. The number of amides is 2. The Hall–Kier alpha value is -1.79. The van der Waals surface area contributed by atoms with Gasteiger partial charge in [-0.3, -0.25) is 4.79 Å². The quantitative estimate of drug-likeness (QED) is 0.724. The molecule has 1 aliphatic heterocycles. The summed E-state index contributed by atoms with van der Waals surface area (Å²) in [5, 5.41) is 11.3. The lowest BCUT2D eigenvalue weighted by Crippen LogP contribution is -2.48. The molecule has 0 bridgehead atoms. The second-order valence-corrected chi connectivity index (χ2v) is 5.46. The van der Waals surface area contributed by atoms with Crippen LogP contribution >= 0.6 is 0 Å². The normalized spacial score (nSPS) is 18.8. The van der Waals surface area contributed by atoms with Gasteiger partial charge in [0.2, 0.25) is 0 Å². The van der Waals surface area contributed by atoms with Gasteiger partial charge in [0.25, 0.3) is 0 Å². The third kappa shape index (κ3) is 4.42. The van der Waals surface area contributed by atoms with Crippen LogP contribution in [0.2, 0.25) is 0 Å². The highest BCUT2D eigenvalue weighted by Crippen LogP contribution is 2.28. The van der Waals surface area contributed by atoms with E-state index >= 15 is 0 Å². The number of methoxy groups -OCH3 is 1. The van der Waals surface area contributed by atoms with E-state index in [1.807, 2.05) is 13.8 Å². The predicted molar refractivity (Wildman–Crippen MR) is 66.6 cm³/mol. The lowest BCUT2D eigenvalue weighted by Gasteiger charge is -2.22. The van der Waals surface area contributed by atoms with Crippen molar-refractivity contribution in [1.82, 2.24) is 10.2 Å². The number of ether oxygens (including phenoxy) is 1. The highest BCUT2D eigenvalue weighted by atomic mass is 16.5. The summed E-state index contributed by atoms with van der Waals surface area (Å²) < 4.78 is 4.40. The number of esters is 1. The predicted octanol–water partition coefficient (Wildman–Crippen LogP) is 0.444. The van der Waals surface area contributed by atoms with Gasteiger partial charge in [0, 0.05) is 13.1 Å². The molecule has 2 N–H and O–H groups in total. The van der Waals surface area contributed by atoms with Gasteiger partial charge in [-0.15, -0.1) is 0 Å². The molecule has 2 amide bonds. The maximum Gasteiger partial charge on any atom is 0.326 e. The van der Waals surface area contributed by atoms with Crippen molar-refractivity contribution in [2.24, 2.45) is 5.41 Å². The van der Waals surface area contributed by atoms with E-state index in [2.05, 4.69) is 10.1 Å². The molecule has 0 radical (unpaired) electrons. The first-order chi connectivity index (χ1) is 8.75. The number of urea groups is 1. The fourth-order valence-electron chi connectivity index (χ4n) is 1.98.